The highest BCUT2D eigenvalue weighted by Gasteiger charge is 2.32. The minimum Gasteiger partial charge on any atom is -0.333 e. The highest BCUT2D eigenvalue weighted by atomic mass is 127. The van der Waals surface area contributed by atoms with E-state index in [0.29, 0.717) is 25.3 Å². The summed E-state index contributed by atoms with van der Waals surface area (Å²) in [5.41, 5.74) is 0.673. The number of carbonyl (C=O) groups excluding carboxylic acids is 3. The molecule has 1 aliphatic heterocycles. The van der Waals surface area contributed by atoms with Crippen LogP contribution in [0.5, 0.6) is 0 Å². The number of likely N-dealkylation sites (N-methyl/N-ethyl adjacent to an activating group) is 1. The van der Waals surface area contributed by atoms with Gasteiger partial charge in [0.05, 0.1) is 0 Å². The van der Waals surface area contributed by atoms with Gasteiger partial charge in [0.1, 0.15) is 6.54 Å². The Bertz CT molecular complexity index is 559. The van der Waals surface area contributed by atoms with Crippen molar-refractivity contribution in [3.05, 3.63) is 27.8 Å². The van der Waals surface area contributed by atoms with E-state index >= 15 is 0 Å². The maximum absolute atomic E-state index is 11.9. The number of amides is 3. The lowest BCUT2D eigenvalue weighted by Gasteiger charge is -2.32. The molecule has 0 atom stereocenters. The fourth-order valence-electron chi connectivity index (χ4n) is 2.07. The molecule has 0 unspecified atom stereocenters. The minimum absolute atomic E-state index is 0.103. The van der Waals surface area contributed by atoms with Crippen LogP contribution < -0.4 is 5.32 Å². The van der Waals surface area contributed by atoms with Gasteiger partial charge >= 0.3 is 11.8 Å². The summed E-state index contributed by atoms with van der Waals surface area (Å²) < 4.78 is 1.07. The van der Waals surface area contributed by atoms with Gasteiger partial charge in [-0.1, -0.05) is 0 Å². The van der Waals surface area contributed by atoms with Crippen LogP contribution in [0, 0.1) is 3.57 Å². The Hall–Kier alpha value is -1.64. The van der Waals surface area contributed by atoms with Gasteiger partial charge < -0.3 is 15.1 Å². The molecule has 6 nitrogen and oxygen atoms in total. The average Bonchev–Trinajstić information content (AvgIpc) is 2.47. The van der Waals surface area contributed by atoms with Crippen molar-refractivity contribution in [2.24, 2.45) is 0 Å². The second kappa shape index (κ2) is 6.88. The Morgan fingerprint density at radius 2 is 1.71 bits per heavy atom. The number of nitrogens with one attached hydrogen (secondary N) is 1. The molecule has 0 aliphatic carbocycles. The van der Waals surface area contributed by atoms with Gasteiger partial charge in [-0.05, 0) is 53.8 Å². The van der Waals surface area contributed by atoms with Crippen LogP contribution in [0.3, 0.4) is 0 Å². The van der Waals surface area contributed by atoms with Gasteiger partial charge in [-0.25, -0.2) is 0 Å². The lowest BCUT2D eigenvalue weighted by Crippen LogP contribution is -2.55. The third kappa shape index (κ3) is 3.93. The first-order valence-electron chi connectivity index (χ1n) is 6.65. The van der Waals surface area contributed by atoms with Gasteiger partial charge in [-0.2, -0.15) is 0 Å². The number of carbonyl (C=O) groups is 3. The number of benzene rings is 1. The van der Waals surface area contributed by atoms with Gasteiger partial charge in [-0.3, -0.25) is 14.4 Å². The van der Waals surface area contributed by atoms with Crippen LogP contribution in [0.15, 0.2) is 24.3 Å². The molecular formula is C14H16IN3O3. The summed E-state index contributed by atoms with van der Waals surface area (Å²) in [7, 11) is 0. The van der Waals surface area contributed by atoms with Gasteiger partial charge in [0, 0.05) is 28.9 Å². The SMILES string of the molecule is CCN1CCN(CC(=O)Nc2ccc(I)cc2)C(=O)C1=O. The Balaban J connectivity index is 1.92. The molecule has 0 aromatic heterocycles. The standard InChI is InChI=1S/C14H16IN3O3/c1-2-17-7-8-18(14(21)13(17)20)9-12(19)16-11-5-3-10(15)4-6-11/h3-6H,2,7-9H2,1H3,(H,16,19). The molecule has 0 spiro atoms. The van der Waals surface area contributed by atoms with E-state index < -0.39 is 11.8 Å². The molecule has 112 valence electrons. The van der Waals surface area contributed by atoms with E-state index in [1.165, 1.54) is 9.80 Å². The van der Waals surface area contributed by atoms with E-state index in [0.717, 1.165) is 3.57 Å². The van der Waals surface area contributed by atoms with Crippen LogP contribution in [0.25, 0.3) is 0 Å². The van der Waals surface area contributed by atoms with Crippen molar-refractivity contribution in [3.63, 3.8) is 0 Å². The molecule has 1 saturated heterocycles. The van der Waals surface area contributed by atoms with E-state index in [1.54, 1.807) is 12.1 Å². The molecule has 0 bridgehead atoms. The van der Waals surface area contributed by atoms with Gasteiger partial charge in [-0.15, -0.1) is 0 Å². The lowest BCUT2D eigenvalue weighted by molar-refractivity contribution is -0.156. The Labute approximate surface area is 136 Å². The smallest absolute Gasteiger partial charge is 0.312 e. The lowest BCUT2D eigenvalue weighted by atomic mass is 10.2. The minimum atomic E-state index is -0.610. The summed E-state index contributed by atoms with van der Waals surface area (Å²) in [4.78, 5) is 38.3. The summed E-state index contributed by atoms with van der Waals surface area (Å²) in [5, 5.41) is 2.72. The van der Waals surface area contributed by atoms with Crippen molar-refractivity contribution >= 4 is 46.0 Å². The molecule has 7 heteroatoms. The molecule has 1 heterocycles. The summed E-state index contributed by atoms with van der Waals surface area (Å²) >= 11 is 2.18. The summed E-state index contributed by atoms with van der Waals surface area (Å²) in [6, 6.07) is 7.35. The fraction of sp³-hybridized carbons (Fsp3) is 0.357. The molecule has 1 aromatic rings. The second-order valence-electron chi connectivity index (χ2n) is 4.67. The number of piperazine rings is 1. The molecule has 0 radical (unpaired) electrons. The number of hydrogen-bond acceptors (Lipinski definition) is 3. The monoisotopic (exact) mass is 401 g/mol. The molecule has 3 amide bonds. The zero-order valence-electron chi connectivity index (χ0n) is 11.6. The molecule has 1 N–H and O–H groups in total. The first-order chi connectivity index (χ1) is 10.0. The Morgan fingerprint density at radius 3 is 2.33 bits per heavy atom. The van der Waals surface area contributed by atoms with Crippen molar-refractivity contribution in [2.75, 3.05) is 31.5 Å². The van der Waals surface area contributed by atoms with E-state index in [1.807, 2.05) is 19.1 Å². The number of nitrogens with zero attached hydrogens (tertiary/aromatic N) is 2. The van der Waals surface area contributed by atoms with Crippen molar-refractivity contribution < 1.29 is 14.4 Å². The first kappa shape index (κ1) is 15.7. The van der Waals surface area contributed by atoms with Crippen molar-refractivity contribution in [1.29, 1.82) is 0 Å². The first-order valence-corrected chi connectivity index (χ1v) is 7.72. The summed E-state index contributed by atoms with van der Waals surface area (Å²) in [6.07, 6.45) is 0. The highest BCUT2D eigenvalue weighted by molar-refractivity contribution is 14.1. The Kier molecular flexibility index (Phi) is 5.16. The predicted octanol–water partition coefficient (Wildman–Crippen LogP) is 0.920. The second-order valence-corrected chi connectivity index (χ2v) is 5.91. The van der Waals surface area contributed by atoms with E-state index in [9.17, 15) is 14.4 Å². The molecule has 2 rings (SSSR count). The Morgan fingerprint density at radius 1 is 1.14 bits per heavy atom. The largest absolute Gasteiger partial charge is 0.333 e. The van der Waals surface area contributed by atoms with Crippen LogP contribution in [0.4, 0.5) is 5.69 Å². The number of anilines is 1. The fourth-order valence-corrected chi connectivity index (χ4v) is 2.43. The normalized spacial score (nSPS) is 15.3. The van der Waals surface area contributed by atoms with Crippen LogP contribution >= 0.6 is 22.6 Å². The van der Waals surface area contributed by atoms with Crippen LogP contribution in [0.2, 0.25) is 0 Å². The summed E-state index contributed by atoms with van der Waals surface area (Å²) in [6.45, 7) is 3.09. The third-order valence-corrected chi connectivity index (χ3v) is 3.96. The molecular weight excluding hydrogens is 385 g/mol. The number of rotatable bonds is 4. The van der Waals surface area contributed by atoms with Gasteiger partial charge in [0.2, 0.25) is 5.91 Å². The molecule has 1 fully saturated rings. The maximum atomic E-state index is 11.9. The van der Waals surface area contributed by atoms with Gasteiger partial charge in [0.25, 0.3) is 0 Å². The van der Waals surface area contributed by atoms with Crippen molar-refractivity contribution in [3.8, 4) is 0 Å². The topological polar surface area (TPSA) is 69.7 Å². The number of halogens is 1. The summed E-state index contributed by atoms with van der Waals surface area (Å²) in [5.74, 6) is -1.45. The van der Waals surface area contributed by atoms with Gasteiger partial charge in [0.15, 0.2) is 0 Å². The molecule has 21 heavy (non-hydrogen) atoms. The van der Waals surface area contributed by atoms with Crippen LogP contribution in [-0.2, 0) is 14.4 Å². The van der Waals surface area contributed by atoms with E-state index in [2.05, 4.69) is 27.9 Å². The molecule has 1 aromatic carbocycles. The molecule has 0 saturated carbocycles. The zero-order chi connectivity index (χ0) is 15.4. The zero-order valence-corrected chi connectivity index (χ0v) is 13.8. The quantitative estimate of drug-likeness (QED) is 0.603. The van der Waals surface area contributed by atoms with Crippen LogP contribution in [0.1, 0.15) is 6.92 Å². The van der Waals surface area contributed by atoms with Crippen molar-refractivity contribution in [2.45, 2.75) is 6.92 Å². The van der Waals surface area contributed by atoms with Crippen molar-refractivity contribution in [1.82, 2.24) is 9.80 Å². The predicted molar refractivity (Wildman–Crippen MR) is 86.6 cm³/mol. The molecule has 1 aliphatic rings. The van der Waals surface area contributed by atoms with E-state index in [-0.39, 0.29) is 12.5 Å². The maximum Gasteiger partial charge on any atom is 0.312 e. The van der Waals surface area contributed by atoms with Crippen LogP contribution in [-0.4, -0.2) is 53.7 Å². The number of hydrogen-bond donors (Lipinski definition) is 1. The third-order valence-electron chi connectivity index (χ3n) is 3.24. The average molecular weight is 401 g/mol. The highest BCUT2D eigenvalue weighted by Crippen LogP contribution is 2.11. The van der Waals surface area contributed by atoms with E-state index in [4.69, 9.17) is 0 Å².